The molecular formula is C2H4CuMgO4. The number of carboxylic acid groups (broad SMARTS) is 2. The van der Waals surface area contributed by atoms with E-state index in [1.807, 2.05) is 0 Å². The first kappa shape index (κ1) is 15.7. The van der Waals surface area contributed by atoms with Gasteiger partial charge >= 0.3 is 35.0 Å². The molecule has 6 heteroatoms. The molecule has 0 rings (SSSR count). The first-order chi connectivity index (χ1) is 2.64. The van der Waals surface area contributed by atoms with E-state index in [4.69, 9.17) is 19.8 Å². The van der Waals surface area contributed by atoms with E-state index in [1.165, 1.54) is 0 Å². The molecule has 2 N–H and O–H groups in total. The van der Waals surface area contributed by atoms with Gasteiger partial charge in [0.15, 0.2) is 0 Å². The van der Waals surface area contributed by atoms with Gasteiger partial charge in [-0.25, -0.2) is 9.59 Å². The Balaban J connectivity index is -0.0000000208. The molecule has 0 atom stereocenters. The van der Waals surface area contributed by atoms with Crippen molar-refractivity contribution in [2.24, 2.45) is 0 Å². The van der Waals surface area contributed by atoms with Crippen LogP contribution < -0.4 is 0 Å². The van der Waals surface area contributed by atoms with Crippen molar-refractivity contribution in [3.05, 3.63) is 0 Å². The fourth-order valence-electron chi connectivity index (χ4n) is 0. The normalized spacial score (nSPS) is 5.50. The van der Waals surface area contributed by atoms with Crippen LogP contribution in [0.1, 0.15) is 2.85 Å². The molecule has 0 aliphatic carbocycles. The largest absolute Gasteiger partial charge is 2.00 e. The number of rotatable bonds is 0. The van der Waals surface area contributed by atoms with Crippen LogP contribution in [0.15, 0.2) is 0 Å². The minimum atomic E-state index is -1.82. The van der Waals surface area contributed by atoms with Gasteiger partial charge in [0.25, 0.3) is 0 Å². The molecule has 0 aromatic carbocycles. The Kier molecular flexibility index (Phi) is 14.2. The summed E-state index contributed by atoms with van der Waals surface area (Å²) in [6, 6.07) is 0. The molecule has 0 unspecified atom stereocenters. The molecule has 0 aromatic rings. The van der Waals surface area contributed by atoms with Crippen LogP contribution in [0.25, 0.3) is 0 Å². The fourth-order valence-corrected chi connectivity index (χ4v) is 0. The van der Waals surface area contributed by atoms with E-state index in [0.717, 1.165) is 0 Å². The average Bonchev–Trinajstić information content (AvgIpc) is 1.36. The molecular weight excluding hydrogens is 176 g/mol. The summed E-state index contributed by atoms with van der Waals surface area (Å²) in [6.45, 7) is 0. The van der Waals surface area contributed by atoms with E-state index in [9.17, 15) is 0 Å². The Morgan fingerprint density at radius 2 is 1.25 bits per heavy atom. The Bertz CT molecular complexity index is 87.3. The first-order valence-electron chi connectivity index (χ1n) is 1.11. The van der Waals surface area contributed by atoms with Crippen LogP contribution in [-0.4, -0.2) is 45.2 Å². The monoisotopic (exact) mass is 179 g/mol. The first-order valence-corrected chi connectivity index (χ1v) is 1.11. The van der Waals surface area contributed by atoms with Crippen molar-refractivity contribution >= 4 is 35.0 Å². The third-order valence-corrected chi connectivity index (χ3v) is 0.183. The van der Waals surface area contributed by atoms with Crippen molar-refractivity contribution in [3.8, 4) is 0 Å². The fraction of sp³-hybridized carbons (Fsp3) is 0. The second-order valence-corrected chi connectivity index (χ2v) is 0.610. The average molecular weight is 180 g/mol. The molecule has 0 saturated heterocycles. The molecule has 0 saturated carbocycles. The summed E-state index contributed by atoms with van der Waals surface area (Å²) in [5.41, 5.74) is 0. The number of carbonyl (C=O) groups is 2. The second-order valence-electron chi connectivity index (χ2n) is 0.610. The SMILES string of the molecule is O=C(O)C(=O)O.[Cu].[H-].[H-].[Mg+2]. The van der Waals surface area contributed by atoms with Crippen molar-refractivity contribution in [2.75, 3.05) is 0 Å². The predicted molar refractivity (Wildman–Crippen MR) is 23.2 cm³/mol. The number of hydrogen-bond acceptors (Lipinski definition) is 2. The Morgan fingerprint density at radius 3 is 1.25 bits per heavy atom. The zero-order valence-electron chi connectivity index (χ0n) is 5.72. The smallest absolute Gasteiger partial charge is 1.00 e. The van der Waals surface area contributed by atoms with Crippen LogP contribution in [0.5, 0.6) is 0 Å². The maximum Gasteiger partial charge on any atom is 2.00 e. The second kappa shape index (κ2) is 7.23. The Labute approximate surface area is 74.9 Å². The van der Waals surface area contributed by atoms with Crippen LogP contribution in [0, 0.1) is 0 Å². The molecule has 0 spiro atoms. The van der Waals surface area contributed by atoms with Crippen molar-refractivity contribution in [2.45, 2.75) is 0 Å². The van der Waals surface area contributed by atoms with Gasteiger partial charge in [0.05, 0.1) is 0 Å². The summed E-state index contributed by atoms with van der Waals surface area (Å²) >= 11 is 0. The quantitative estimate of drug-likeness (QED) is 0.370. The summed E-state index contributed by atoms with van der Waals surface area (Å²) in [6.07, 6.45) is 0. The van der Waals surface area contributed by atoms with E-state index >= 15 is 0 Å². The van der Waals surface area contributed by atoms with Gasteiger partial charge in [-0.05, 0) is 0 Å². The van der Waals surface area contributed by atoms with Gasteiger partial charge in [0.1, 0.15) is 0 Å². The van der Waals surface area contributed by atoms with Crippen LogP contribution in [-0.2, 0) is 26.7 Å². The molecule has 0 aromatic heterocycles. The molecule has 4 nitrogen and oxygen atoms in total. The van der Waals surface area contributed by atoms with Crippen molar-refractivity contribution in [1.82, 2.24) is 0 Å². The molecule has 0 amide bonds. The summed E-state index contributed by atoms with van der Waals surface area (Å²) in [4.78, 5) is 18.2. The van der Waals surface area contributed by atoms with Gasteiger partial charge < -0.3 is 13.1 Å². The molecule has 1 radical (unpaired) electrons. The Morgan fingerprint density at radius 1 is 1.12 bits per heavy atom. The summed E-state index contributed by atoms with van der Waals surface area (Å²) < 4.78 is 0. The molecule has 0 fully saturated rings. The maximum atomic E-state index is 9.10. The minimum absolute atomic E-state index is 0. The van der Waals surface area contributed by atoms with Gasteiger partial charge in [0, 0.05) is 17.1 Å². The van der Waals surface area contributed by atoms with E-state index in [1.54, 1.807) is 0 Å². The maximum absolute atomic E-state index is 9.10. The van der Waals surface area contributed by atoms with E-state index in [0.29, 0.717) is 0 Å². The zero-order chi connectivity index (χ0) is 5.15. The van der Waals surface area contributed by atoms with Gasteiger partial charge in [-0.1, -0.05) is 0 Å². The van der Waals surface area contributed by atoms with E-state index in [2.05, 4.69) is 0 Å². The van der Waals surface area contributed by atoms with Crippen LogP contribution in [0.4, 0.5) is 0 Å². The standard InChI is InChI=1S/C2H2O4.Cu.Mg.2H/c3-1(4)2(5)6;;;;/h(H,3,4)(H,5,6);;;;/q;;+2;2*-1. The summed E-state index contributed by atoms with van der Waals surface area (Å²) in [5, 5.41) is 14.8. The topological polar surface area (TPSA) is 74.6 Å². The molecule has 8 heavy (non-hydrogen) atoms. The number of carboxylic acids is 2. The van der Waals surface area contributed by atoms with E-state index in [-0.39, 0.29) is 43.0 Å². The van der Waals surface area contributed by atoms with Crippen molar-refractivity contribution < 1.29 is 39.7 Å². The summed E-state index contributed by atoms with van der Waals surface area (Å²) in [5.74, 6) is -3.65. The van der Waals surface area contributed by atoms with Crippen molar-refractivity contribution in [3.63, 3.8) is 0 Å². The molecule has 0 aliphatic heterocycles. The van der Waals surface area contributed by atoms with Crippen LogP contribution in [0.2, 0.25) is 0 Å². The van der Waals surface area contributed by atoms with Gasteiger partial charge in [-0.15, -0.1) is 0 Å². The molecule has 0 aliphatic rings. The molecule has 0 heterocycles. The Hall–Kier alpha value is 0.226. The van der Waals surface area contributed by atoms with E-state index < -0.39 is 11.9 Å². The number of aliphatic carboxylic acids is 2. The third kappa shape index (κ3) is 9.52. The van der Waals surface area contributed by atoms with Gasteiger partial charge in [0.2, 0.25) is 0 Å². The number of hydrogen-bond donors (Lipinski definition) is 2. The zero-order valence-corrected chi connectivity index (χ0v) is 6.08. The van der Waals surface area contributed by atoms with Gasteiger partial charge in [-0.2, -0.15) is 0 Å². The van der Waals surface area contributed by atoms with Crippen molar-refractivity contribution in [1.29, 1.82) is 0 Å². The third-order valence-electron chi connectivity index (χ3n) is 0.183. The van der Waals surface area contributed by atoms with Crippen LogP contribution >= 0.6 is 0 Å². The molecule has 0 bridgehead atoms. The molecule has 49 valence electrons. The van der Waals surface area contributed by atoms with Gasteiger partial charge in [-0.3, -0.25) is 0 Å². The van der Waals surface area contributed by atoms with Crippen LogP contribution in [0.3, 0.4) is 0 Å². The summed E-state index contributed by atoms with van der Waals surface area (Å²) in [7, 11) is 0. The minimum Gasteiger partial charge on any atom is -1.00 e. The predicted octanol–water partition coefficient (Wildman–Crippen LogP) is -1.00.